The van der Waals surface area contributed by atoms with Crippen LogP contribution in [0.2, 0.25) is 0 Å². The van der Waals surface area contributed by atoms with E-state index < -0.39 is 36.2 Å². The van der Waals surface area contributed by atoms with Crippen LogP contribution in [0.5, 0.6) is 0 Å². The summed E-state index contributed by atoms with van der Waals surface area (Å²) in [7, 11) is 0. The first-order chi connectivity index (χ1) is 10.2. The molecule has 3 atom stereocenters. The van der Waals surface area contributed by atoms with E-state index >= 15 is 0 Å². The number of hydroxylamine groups is 1. The summed E-state index contributed by atoms with van der Waals surface area (Å²) in [5.41, 5.74) is 14.8. The Kier molecular flexibility index (Phi) is 5.21. The lowest BCUT2D eigenvalue weighted by Gasteiger charge is -2.47. The molecule has 9 N–H and O–H groups in total. The van der Waals surface area contributed by atoms with Crippen molar-refractivity contribution in [2.45, 2.75) is 30.0 Å². The lowest BCUT2D eigenvalue weighted by Crippen LogP contribution is -2.79. The van der Waals surface area contributed by atoms with Crippen molar-refractivity contribution in [2.24, 2.45) is 22.2 Å². The third kappa shape index (κ3) is 2.42. The summed E-state index contributed by atoms with van der Waals surface area (Å²) in [6.45, 7) is -0.304. The fourth-order valence-electron chi connectivity index (χ4n) is 3.36. The molecule has 14 heteroatoms. The zero-order chi connectivity index (χ0) is 16.3. The lowest BCUT2D eigenvalue weighted by molar-refractivity contribution is -0.529. The number of nitrogens with two attached hydrogens (primary N) is 3. The maximum Gasteiger partial charge on any atom is 0.404 e. The van der Waals surface area contributed by atoms with Crippen molar-refractivity contribution in [3.8, 4) is 0 Å². The Hall–Kier alpha value is -1.89. The van der Waals surface area contributed by atoms with Crippen LogP contribution >= 0.6 is 24.8 Å². The summed E-state index contributed by atoms with van der Waals surface area (Å²) < 4.78 is 5.08. The number of nitrogens with zero attached hydrogens (tertiary/aromatic N) is 3. The predicted molar refractivity (Wildman–Crippen MR) is 86.4 cm³/mol. The number of carbonyl (C=O) groups excluding carboxylic acids is 1. The number of guanidine groups is 2. The molecule has 1 saturated heterocycles. The van der Waals surface area contributed by atoms with Crippen molar-refractivity contribution in [1.29, 1.82) is 0 Å². The molecule has 3 heterocycles. The van der Waals surface area contributed by atoms with Crippen molar-refractivity contribution in [3.05, 3.63) is 5.21 Å². The van der Waals surface area contributed by atoms with Crippen LogP contribution in [0.25, 0.3) is 0 Å². The summed E-state index contributed by atoms with van der Waals surface area (Å²) in [5, 5.41) is 35.8. The van der Waals surface area contributed by atoms with Crippen molar-refractivity contribution in [1.82, 2.24) is 10.2 Å². The van der Waals surface area contributed by atoms with Gasteiger partial charge < -0.3 is 36.9 Å². The summed E-state index contributed by atoms with van der Waals surface area (Å²) in [4.78, 5) is 16.2. The van der Waals surface area contributed by atoms with Gasteiger partial charge in [0.25, 0.3) is 0 Å². The van der Waals surface area contributed by atoms with Crippen LogP contribution in [0.3, 0.4) is 0 Å². The fraction of sp³-hybridized carbons (Fsp3) is 0.700. The third-order valence-corrected chi connectivity index (χ3v) is 4.31. The van der Waals surface area contributed by atoms with E-state index in [1.54, 1.807) is 0 Å². The molecule has 3 aliphatic rings. The Bertz CT molecular complexity index is 600. The van der Waals surface area contributed by atoms with Crippen LogP contribution in [-0.2, 0) is 4.74 Å². The number of amides is 1. The van der Waals surface area contributed by atoms with Crippen LogP contribution in [-0.4, -0.2) is 74.5 Å². The van der Waals surface area contributed by atoms with Crippen LogP contribution in [0.4, 0.5) is 4.79 Å². The SMILES string of the molecule is Cl.Cl.NC(=O)OC[C@H]1[C@@H]2N=C(N)N[C@]23N(CCC3(O)O)C(N)=[N+]1[O-]. The van der Waals surface area contributed by atoms with Crippen LogP contribution in [0.1, 0.15) is 6.42 Å². The zero-order valence-electron chi connectivity index (χ0n) is 12.3. The Morgan fingerprint density at radius 2 is 2.12 bits per heavy atom. The minimum absolute atomic E-state index is 0. The van der Waals surface area contributed by atoms with Crippen molar-refractivity contribution in [2.75, 3.05) is 13.2 Å². The molecule has 0 saturated carbocycles. The molecule has 0 aromatic carbocycles. The molecule has 3 aliphatic heterocycles. The van der Waals surface area contributed by atoms with E-state index in [1.165, 1.54) is 4.90 Å². The summed E-state index contributed by atoms with van der Waals surface area (Å²) in [6, 6.07) is -2.12. The first-order valence-corrected chi connectivity index (χ1v) is 6.55. The highest BCUT2D eigenvalue weighted by Gasteiger charge is 2.73. The average Bonchev–Trinajstić information content (AvgIpc) is 2.89. The first kappa shape index (κ1) is 20.2. The van der Waals surface area contributed by atoms with Gasteiger partial charge in [-0.1, -0.05) is 0 Å². The number of hydrogen-bond acceptors (Lipinski definition) is 10. The van der Waals surface area contributed by atoms with E-state index in [4.69, 9.17) is 17.2 Å². The molecule has 0 aromatic heterocycles. The van der Waals surface area contributed by atoms with Gasteiger partial charge in [-0.15, -0.1) is 24.8 Å². The van der Waals surface area contributed by atoms with Gasteiger partial charge in [-0.2, -0.15) is 0 Å². The average molecular weight is 388 g/mol. The Labute approximate surface area is 148 Å². The summed E-state index contributed by atoms with van der Waals surface area (Å²) in [5.74, 6) is -2.56. The van der Waals surface area contributed by atoms with E-state index in [0.29, 0.717) is 4.74 Å². The summed E-state index contributed by atoms with van der Waals surface area (Å²) in [6.07, 6.45) is -1.14. The monoisotopic (exact) mass is 387 g/mol. The van der Waals surface area contributed by atoms with Gasteiger partial charge in [-0.05, 0) is 0 Å². The van der Waals surface area contributed by atoms with E-state index in [-0.39, 0.29) is 49.7 Å². The predicted octanol–water partition coefficient (Wildman–Crippen LogP) is -3.50. The minimum atomic E-state index is -2.24. The summed E-state index contributed by atoms with van der Waals surface area (Å²) >= 11 is 0. The van der Waals surface area contributed by atoms with Gasteiger partial charge in [0.15, 0.2) is 12.0 Å². The normalized spacial score (nSPS) is 32.6. The highest BCUT2D eigenvalue weighted by atomic mass is 35.5. The van der Waals surface area contributed by atoms with Crippen LogP contribution in [0, 0.1) is 5.21 Å². The highest BCUT2D eigenvalue weighted by Crippen LogP contribution is 2.44. The smallest absolute Gasteiger partial charge is 0.404 e. The topological polar surface area (TPSA) is 199 Å². The molecule has 3 rings (SSSR count). The Morgan fingerprint density at radius 3 is 2.71 bits per heavy atom. The van der Waals surface area contributed by atoms with Gasteiger partial charge in [0.05, 0.1) is 6.54 Å². The first-order valence-electron chi connectivity index (χ1n) is 6.55. The number of aliphatic imine (C=N–C) groups is 1. The second kappa shape index (κ2) is 6.20. The standard InChI is InChI=1S/C10H17N7O5.2ClH/c11-6-14-5-4(3-22-8(13)18)17(21)7(12)16-2-1-9(19,20)10(5,16)15-6;;/h4-5,19-20H,1-3,12H2,(H2,13,18)(H3,11,14,15);2*1H/t4-,5-,10-;;/m0../s1. The van der Waals surface area contributed by atoms with Gasteiger partial charge in [-0.25, -0.2) is 14.7 Å². The van der Waals surface area contributed by atoms with Gasteiger partial charge in [0.2, 0.25) is 11.4 Å². The maximum atomic E-state index is 12.3. The van der Waals surface area contributed by atoms with Gasteiger partial charge in [0, 0.05) is 6.42 Å². The Balaban J connectivity index is 0.00000144. The fourth-order valence-corrected chi connectivity index (χ4v) is 3.36. The van der Waals surface area contributed by atoms with E-state index in [9.17, 15) is 20.2 Å². The van der Waals surface area contributed by atoms with Crippen LogP contribution in [0.15, 0.2) is 4.99 Å². The second-order valence-electron chi connectivity index (χ2n) is 5.45. The van der Waals surface area contributed by atoms with E-state index in [0.717, 1.165) is 0 Å². The molecule has 0 unspecified atom stereocenters. The lowest BCUT2D eigenvalue weighted by atomic mass is 9.86. The zero-order valence-corrected chi connectivity index (χ0v) is 13.9. The molecule has 0 aromatic rings. The number of ether oxygens (including phenoxy) is 1. The number of rotatable bonds is 2. The highest BCUT2D eigenvalue weighted by molar-refractivity contribution is 5.86. The van der Waals surface area contributed by atoms with Crippen molar-refractivity contribution >= 4 is 42.8 Å². The number of hydrogen-bond donors (Lipinski definition) is 6. The molecule has 1 fully saturated rings. The number of primary amides is 1. The number of halogens is 2. The maximum absolute atomic E-state index is 12.3. The third-order valence-electron chi connectivity index (χ3n) is 4.31. The molecule has 138 valence electrons. The van der Waals surface area contributed by atoms with Gasteiger partial charge >= 0.3 is 12.1 Å². The molecule has 0 aliphatic carbocycles. The molecule has 0 bridgehead atoms. The van der Waals surface area contributed by atoms with E-state index in [1.807, 2.05) is 0 Å². The molecule has 1 amide bonds. The van der Waals surface area contributed by atoms with Crippen LogP contribution < -0.4 is 22.5 Å². The molecule has 0 radical (unpaired) electrons. The molecule has 1 spiro atoms. The quantitative estimate of drug-likeness (QED) is 0.158. The van der Waals surface area contributed by atoms with Gasteiger partial charge in [0.1, 0.15) is 12.6 Å². The van der Waals surface area contributed by atoms with Crippen molar-refractivity contribution < 1.29 is 24.5 Å². The molecular formula is C10H19Cl2N7O5. The largest absolute Gasteiger partial charge is 0.744 e. The van der Waals surface area contributed by atoms with E-state index in [2.05, 4.69) is 15.0 Å². The Morgan fingerprint density at radius 1 is 1.50 bits per heavy atom. The molecule has 24 heavy (non-hydrogen) atoms. The number of carbonyl (C=O) groups is 1. The second-order valence-corrected chi connectivity index (χ2v) is 5.45. The molecule has 12 nitrogen and oxygen atoms in total. The molecular weight excluding hydrogens is 369 g/mol. The number of aliphatic hydroxyl groups is 2. The number of nitrogens with one attached hydrogen (secondary N) is 1. The van der Waals surface area contributed by atoms with Crippen molar-refractivity contribution in [3.63, 3.8) is 0 Å². The van der Waals surface area contributed by atoms with Gasteiger partial charge in [-0.3, -0.25) is 10.5 Å². The minimum Gasteiger partial charge on any atom is -0.744 e.